The molecule has 0 spiro atoms. The maximum atomic E-state index is 11.3. The van der Waals surface area contributed by atoms with Crippen LogP contribution in [0.5, 0.6) is 0 Å². The number of nitrogens with one attached hydrogen (secondary N) is 1. The first-order valence-corrected chi connectivity index (χ1v) is 6.50. The second-order valence-corrected chi connectivity index (χ2v) is 4.55. The zero-order chi connectivity index (χ0) is 14.5. The smallest absolute Gasteiger partial charge is 0.337 e. The first-order chi connectivity index (χ1) is 9.63. The van der Waals surface area contributed by atoms with Gasteiger partial charge < -0.3 is 5.32 Å². The van der Waals surface area contributed by atoms with Crippen LogP contribution in [0.15, 0.2) is 30.6 Å². The SMILES string of the molecule is CCCNc1ncnc(-c2cccc(Cl)c2)c1[N+](=O)[O-]. The Morgan fingerprint density at radius 2 is 2.20 bits per heavy atom. The highest BCUT2D eigenvalue weighted by Crippen LogP contribution is 2.33. The van der Waals surface area contributed by atoms with E-state index in [2.05, 4.69) is 15.3 Å². The van der Waals surface area contributed by atoms with Gasteiger partial charge in [0.1, 0.15) is 6.33 Å². The minimum Gasteiger partial charge on any atom is -0.364 e. The monoisotopic (exact) mass is 292 g/mol. The van der Waals surface area contributed by atoms with Crippen LogP contribution < -0.4 is 5.32 Å². The zero-order valence-electron chi connectivity index (χ0n) is 10.8. The molecular formula is C13H13ClN4O2. The van der Waals surface area contributed by atoms with Crippen molar-refractivity contribution in [1.82, 2.24) is 9.97 Å². The van der Waals surface area contributed by atoms with Crippen LogP contribution in [-0.2, 0) is 0 Å². The Labute approximate surface area is 121 Å². The normalized spacial score (nSPS) is 10.3. The quantitative estimate of drug-likeness (QED) is 0.673. The summed E-state index contributed by atoms with van der Waals surface area (Å²) < 4.78 is 0. The highest BCUT2D eigenvalue weighted by molar-refractivity contribution is 6.30. The van der Waals surface area contributed by atoms with E-state index in [0.717, 1.165) is 6.42 Å². The predicted molar refractivity (Wildman–Crippen MR) is 77.9 cm³/mol. The number of hydrogen-bond acceptors (Lipinski definition) is 5. The van der Waals surface area contributed by atoms with Gasteiger partial charge in [0.2, 0.25) is 5.82 Å². The molecule has 0 aliphatic carbocycles. The van der Waals surface area contributed by atoms with E-state index in [9.17, 15) is 10.1 Å². The first-order valence-electron chi connectivity index (χ1n) is 6.12. The van der Waals surface area contributed by atoms with Crippen LogP contribution >= 0.6 is 11.6 Å². The molecule has 1 N–H and O–H groups in total. The summed E-state index contributed by atoms with van der Waals surface area (Å²) in [6.45, 7) is 2.57. The lowest BCUT2D eigenvalue weighted by Crippen LogP contribution is -2.07. The fraction of sp³-hybridized carbons (Fsp3) is 0.231. The molecule has 1 aromatic carbocycles. The van der Waals surface area contributed by atoms with Crippen molar-refractivity contribution >= 4 is 23.1 Å². The summed E-state index contributed by atoms with van der Waals surface area (Å²) in [5, 5.41) is 14.8. The van der Waals surface area contributed by atoms with Gasteiger partial charge in [-0.15, -0.1) is 0 Å². The lowest BCUT2D eigenvalue weighted by atomic mass is 10.1. The molecule has 0 aliphatic rings. The Kier molecular flexibility index (Phi) is 4.47. The van der Waals surface area contributed by atoms with Gasteiger partial charge in [0, 0.05) is 17.1 Å². The minimum absolute atomic E-state index is 0.136. The molecule has 1 aromatic heterocycles. The number of nitrogens with zero attached hydrogens (tertiary/aromatic N) is 3. The number of halogens is 1. The lowest BCUT2D eigenvalue weighted by Gasteiger charge is -2.08. The van der Waals surface area contributed by atoms with Gasteiger partial charge in [0.25, 0.3) is 0 Å². The van der Waals surface area contributed by atoms with Gasteiger partial charge in [-0.1, -0.05) is 30.7 Å². The molecule has 0 saturated carbocycles. The molecule has 2 rings (SSSR count). The third kappa shape index (κ3) is 3.03. The Hall–Kier alpha value is -2.21. The van der Waals surface area contributed by atoms with E-state index >= 15 is 0 Å². The molecule has 2 aromatic rings. The standard InChI is InChI=1S/C13H13ClN4O2/c1-2-6-15-13-12(18(19)20)11(16-8-17-13)9-4-3-5-10(14)7-9/h3-5,7-8H,2,6H2,1H3,(H,15,16,17). The average molecular weight is 293 g/mol. The highest BCUT2D eigenvalue weighted by Gasteiger charge is 2.23. The maximum absolute atomic E-state index is 11.3. The van der Waals surface area contributed by atoms with Crippen molar-refractivity contribution in [2.75, 3.05) is 11.9 Å². The molecule has 0 unspecified atom stereocenters. The highest BCUT2D eigenvalue weighted by atomic mass is 35.5. The van der Waals surface area contributed by atoms with Crippen molar-refractivity contribution in [2.45, 2.75) is 13.3 Å². The number of nitro groups is 1. The van der Waals surface area contributed by atoms with Crippen LogP contribution in [0.2, 0.25) is 5.02 Å². The molecule has 6 nitrogen and oxygen atoms in total. The molecule has 20 heavy (non-hydrogen) atoms. The van der Waals surface area contributed by atoms with Crippen molar-refractivity contribution in [2.24, 2.45) is 0 Å². The van der Waals surface area contributed by atoms with Gasteiger partial charge in [-0.05, 0) is 18.6 Å². The van der Waals surface area contributed by atoms with Gasteiger partial charge in [-0.2, -0.15) is 0 Å². The molecule has 0 radical (unpaired) electrons. The van der Waals surface area contributed by atoms with Gasteiger partial charge in [0.05, 0.1) is 4.92 Å². The van der Waals surface area contributed by atoms with Crippen molar-refractivity contribution in [3.63, 3.8) is 0 Å². The molecule has 0 fully saturated rings. The van der Waals surface area contributed by atoms with Crippen LogP contribution in [0.25, 0.3) is 11.3 Å². The van der Waals surface area contributed by atoms with Crippen molar-refractivity contribution in [3.8, 4) is 11.3 Å². The fourth-order valence-electron chi connectivity index (χ4n) is 1.77. The van der Waals surface area contributed by atoms with Crippen molar-refractivity contribution in [3.05, 3.63) is 45.7 Å². The number of rotatable bonds is 5. The molecule has 0 aliphatic heterocycles. The molecule has 104 valence electrons. The predicted octanol–water partition coefficient (Wildman–Crippen LogP) is 3.53. The third-order valence-corrected chi connectivity index (χ3v) is 2.88. The van der Waals surface area contributed by atoms with Crippen LogP contribution in [0.3, 0.4) is 0 Å². The van der Waals surface area contributed by atoms with Crippen LogP contribution in [0.1, 0.15) is 13.3 Å². The molecule has 0 bridgehead atoms. The molecular weight excluding hydrogens is 280 g/mol. The number of hydrogen-bond donors (Lipinski definition) is 1. The lowest BCUT2D eigenvalue weighted by molar-refractivity contribution is -0.383. The maximum Gasteiger partial charge on any atom is 0.337 e. The number of anilines is 1. The van der Waals surface area contributed by atoms with Gasteiger partial charge in [-0.25, -0.2) is 9.97 Å². The summed E-state index contributed by atoms with van der Waals surface area (Å²) >= 11 is 5.92. The van der Waals surface area contributed by atoms with Gasteiger partial charge in [0.15, 0.2) is 5.69 Å². The second kappa shape index (κ2) is 6.29. The van der Waals surface area contributed by atoms with E-state index < -0.39 is 4.92 Å². The zero-order valence-corrected chi connectivity index (χ0v) is 11.6. The molecule has 0 saturated heterocycles. The summed E-state index contributed by atoms with van der Waals surface area (Å²) in [7, 11) is 0. The number of aromatic nitrogens is 2. The van der Waals surface area contributed by atoms with Crippen LogP contribution in [0, 0.1) is 10.1 Å². The van der Waals surface area contributed by atoms with Gasteiger partial charge in [-0.3, -0.25) is 10.1 Å². The molecule has 1 heterocycles. The Bertz CT molecular complexity index is 634. The third-order valence-electron chi connectivity index (χ3n) is 2.65. The molecule has 0 atom stereocenters. The van der Waals surface area contributed by atoms with Crippen LogP contribution in [0.4, 0.5) is 11.5 Å². The van der Waals surface area contributed by atoms with E-state index in [-0.39, 0.29) is 17.2 Å². The van der Waals surface area contributed by atoms with E-state index in [1.807, 2.05) is 6.92 Å². The van der Waals surface area contributed by atoms with E-state index in [1.165, 1.54) is 6.33 Å². The number of benzene rings is 1. The van der Waals surface area contributed by atoms with E-state index in [4.69, 9.17) is 11.6 Å². The van der Waals surface area contributed by atoms with E-state index in [1.54, 1.807) is 24.3 Å². The Morgan fingerprint density at radius 1 is 1.40 bits per heavy atom. The second-order valence-electron chi connectivity index (χ2n) is 4.11. The summed E-state index contributed by atoms with van der Waals surface area (Å²) in [5.41, 5.74) is 0.709. The summed E-state index contributed by atoms with van der Waals surface area (Å²) in [6.07, 6.45) is 2.15. The van der Waals surface area contributed by atoms with Crippen LogP contribution in [-0.4, -0.2) is 21.4 Å². The Morgan fingerprint density at radius 3 is 2.85 bits per heavy atom. The summed E-state index contributed by atoms with van der Waals surface area (Å²) in [5.74, 6) is 0.224. The summed E-state index contributed by atoms with van der Waals surface area (Å²) in [6, 6.07) is 6.79. The minimum atomic E-state index is -0.478. The fourth-order valence-corrected chi connectivity index (χ4v) is 1.96. The van der Waals surface area contributed by atoms with E-state index in [0.29, 0.717) is 17.1 Å². The van der Waals surface area contributed by atoms with Crippen molar-refractivity contribution in [1.29, 1.82) is 0 Å². The largest absolute Gasteiger partial charge is 0.364 e. The summed E-state index contributed by atoms with van der Waals surface area (Å²) in [4.78, 5) is 18.8. The molecule has 7 heteroatoms. The average Bonchev–Trinajstić information content (AvgIpc) is 2.44. The molecule has 0 amide bonds. The Balaban J connectivity index is 2.55. The van der Waals surface area contributed by atoms with Crippen molar-refractivity contribution < 1.29 is 4.92 Å². The van der Waals surface area contributed by atoms with Gasteiger partial charge >= 0.3 is 5.69 Å². The first kappa shape index (κ1) is 14.2. The topological polar surface area (TPSA) is 81.0 Å².